The lowest BCUT2D eigenvalue weighted by atomic mass is 9.90. The van der Waals surface area contributed by atoms with Gasteiger partial charge in [-0.1, -0.05) is 23.4 Å². The van der Waals surface area contributed by atoms with Crippen molar-refractivity contribution in [3.05, 3.63) is 59.9 Å². The van der Waals surface area contributed by atoms with E-state index in [2.05, 4.69) is 25.1 Å². The highest BCUT2D eigenvalue weighted by Crippen LogP contribution is 2.25. The van der Waals surface area contributed by atoms with E-state index < -0.39 is 6.61 Å². The molecule has 0 bridgehead atoms. The van der Waals surface area contributed by atoms with Crippen molar-refractivity contribution in [3.63, 3.8) is 0 Å². The first-order valence-electron chi connectivity index (χ1n) is 14.1. The van der Waals surface area contributed by atoms with Crippen molar-refractivity contribution in [3.8, 4) is 17.1 Å². The molecule has 12 heteroatoms. The fraction of sp³-hybridized carbons (Fsp3) is 0.483. The molecule has 1 aromatic heterocycles. The van der Waals surface area contributed by atoms with E-state index in [4.69, 9.17) is 4.52 Å². The van der Waals surface area contributed by atoms with E-state index in [1.165, 1.54) is 18.2 Å². The van der Waals surface area contributed by atoms with Crippen LogP contribution in [0.15, 0.2) is 53.1 Å². The number of rotatable bonds is 10. The predicted octanol–water partition coefficient (Wildman–Crippen LogP) is 4.65. The summed E-state index contributed by atoms with van der Waals surface area (Å²) in [6.45, 7) is 2.83. The maximum atomic E-state index is 13.9. The van der Waals surface area contributed by atoms with Gasteiger partial charge < -0.3 is 29.3 Å². The van der Waals surface area contributed by atoms with Gasteiger partial charge in [0.1, 0.15) is 11.6 Å². The number of anilines is 1. The number of likely N-dealkylation sites (tertiary alicyclic amines) is 1. The Morgan fingerprint density at radius 3 is 2.46 bits per heavy atom. The van der Waals surface area contributed by atoms with E-state index in [1.54, 1.807) is 23.1 Å². The summed E-state index contributed by atoms with van der Waals surface area (Å²) in [6, 6.07) is 13.3. The third-order valence-corrected chi connectivity index (χ3v) is 7.69. The Morgan fingerprint density at radius 2 is 1.76 bits per heavy atom. The molecule has 2 amide bonds. The summed E-state index contributed by atoms with van der Waals surface area (Å²) in [4.78, 5) is 23.2. The number of amides is 2. The van der Waals surface area contributed by atoms with Crippen molar-refractivity contribution >= 4 is 12.0 Å². The normalized spacial score (nSPS) is 16.8. The van der Waals surface area contributed by atoms with E-state index >= 15 is 0 Å². The van der Waals surface area contributed by atoms with Crippen LogP contribution in [0.4, 0.5) is 24.0 Å². The van der Waals surface area contributed by atoms with Crippen molar-refractivity contribution in [1.29, 1.82) is 0 Å². The molecule has 2 aliphatic rings. The van der Waals surface area contributed by atoms with Gasteiger partial charge in [-0.15, -0.1) is 0 Å². The third-order valence-electron chi connectivity index (χ3n) is 7.69. The fourth-order valence-corrected chi connectivity index (χ4v) is 5.35. The van der Waals surface area contributed by atoms with Crippen LogP contribution in [0.25, 0.3) is 11.4 Å². The van der Waals surface area contributed by atoms with Crippen LogP contribution >= 0.6 is 0 Å². The highest BCUT2D eigenvalue weighted by Gasteiger charge is 2.25. The van der Waals surface area contributed by atoms with Gasteiger partial charge in [0.05, 0.1) is 0 Å². The summed E-state index contributed by atoms with van der Waals surface area (Å²) in [5, 5.41) is 7.02. The quantitative estimate of drug-likeness (QED) is 0.354. The van der Waals surface area contributed by atoms with Crippen LogP contribution in [0, 0.1) is 11.7 Å². The van der Waals surface area contributed by atoms with E-state index in [-0.39, 0.29) is 17.6 Å². The summed E-state index contributed by atoms with van der Waals surface area (Å²) in [5.74, 6) is 0.807. The number of urea groups is 1. The first-order valence-corrected chi connectivity index (χ1v) is 14.1. The minimum absolute atomic E-state index is 0.0554. The minimum atomic E-state index is -2.88. The molecular weight excluding hydrogens is 537 g/mol. The van der Waals surface area contributed by atoms with Crippen molar-refractivity contribution in [2.75, 3.05) is 57.3 Å². The summed E-state index contributed by atoms with van der Waals surface area (Å²) in [6.07, 6.45) is 3.81. The first-order chi connectivity index (χ1) is 19.9. The molecule has 2 fully saturated rings. The molecule has 9 nitrogen and oxygen atoms in total. The second-order valence-corrected chi connectivity index (χ2v) is 10.4. The van der Waals surface area contributed by atoms with Crippen molar-refractivity contribution < 1.29 is 27.2 Å². The van der Waals surface area contributed by atoms with Crippen LogP contribution in [0.2, 0.25) is 0 Å². The first kappa shape index (κ1) is 28.7. The smallest absolute Gasteiger partial charge is 0.387 e. The zero-order valence-electron chi connectivity index (χ0n) is 22.9. The van der Waals surface area contributed by atoms with E-state index in [0.717, 1.165) is 50.9 Å². The van der Waals surface area contributed by atoms with Crippen LogP contribution in [0.5, 0.6) is 5.75 Å². The van der Waals surface area contributed by atoms with Gasteiger partial charge in [0, 0.05) is 38.3 Å². The number of benzene rings is 2. The molecule has 3 heterocycles. The van der Waals surface area contributed by atoms with Gasteiger partial charge in [-0.05, 0) is 87.1 Å². The standard InChI is InChI=1S/C29H35F3N6O3/c30-25-5-2-1-4-23(25)20-21-10-14-36(15-11-21)13-3-12-33-28(39)37-16-18-38(19-17-37)29-34-26(35-41-29)22-6-8-24(9-7-22)40-27(31)32/h1-2,4-9,21,27H,3,10-20H2,(H,33,39). The topological polar surface area (TPSA) is 87.0 Å². The largest absolute Gasteiger partial charge is 0.435 e. The molecule has 0 radical (unpaired) electrons. The molecule has 2 aromatic carbocycles. The number of alkyl halides is 2. The van der Waals surface area contributed by atoms with Crippen molar-refractivity contribution in [2.45, 2.75) is 32.3 Å². The molecular formula is C29H35F3N6O3. The number of hydrogen-bond donors (Lipinski definition) is 1. The molecule has 0 unspecified atom stereocenters. The van der Waals surface area contributed by atoms with Crippen LogP contribution < -0.4 is 15.0 Å². The Hall–Kier alpha value is -3.80. The fourth-order valence-electron chi connectivity index (χ4n) is 5.35. The maximum absolute atomic E-state index is 13.9. The summed E-state index contributed by atoms with van der Waals surface area (Å²) in [7, 11) is 0. The lowest BCUT2D eigenvalue weighted by Crippen LogP contribution is -2.52. The van der Waals surface area contributed by atoms with E-state index in [0.29, 0.717) is 56.0 Å². The number of halogens is 3. The van der Waals surface area contributed by atoms with Crippen LogP contribution in [0.3, 0.4) is 0 Å². The number of nitrogens with one attached hydrogen (secondary N) is 1. The number of nitrogens with zero attached hydrogens (tertiary/aromatic N) is 5. The lowest BCUT2D eigenvalue weighted by molar-refractivity contribution is -0.0498. The molecule has 220 valence electrons. The Morgan fingerprint density at radius 1 is 1.02 bits per heavy atom. The Labute approximate surface area is 237 Å². The summed E-state index contributed by atoms with van der Waals surface area (Å²) in [5.41, 5.74) is 1.43. The second kappa shape index (κ2) is 13.7. The summed E-state index contributed by atoms with van der Waals surface area (Å²) < 4.78 is 48.4. The number of hydrogen-bond acceptors (Lipinski definition) is 7. The molecule has 0 saturated carbocycles. The van der Waals surface area contributed by atoms with Gasteiger partial charge in [0.25, 0.3) is 0 Å². The third kappa shape index (κ3) is 7.90. The van der Waals surface area contributed by atoms with Gasteiger partial charge in [-0.3, -0.25) is 0 Å². The SMILES string of the molecule is O=C(NCCCN1CCC(Cc2ccccc2F)CC1)N1CCN(c2nc(-c3ccc(OC(F)F)cc3)no2)CC1. The number of piperidine rings is 1. The zero-order valence-corrected chi connectivity index (χ0v) is 22.9. The molecule has 3 aromatic rings. The second-order valence-electron chi connectivity index (χ2n) is 10.4. The maximum Gasteiger partial charge on any atom is 0.387 e. The zero-order chi connectivity index (χ0) is 28.6. The van der Waals surface area contributed by atoms with Gasteiger partial charge in [0.2, 0.25) is 5.82 Å². The van der Waals surface area contributed by atoms with Crippen LogP contribution in [-0.4, -0.2) is 84.9 Å². The molecule has 2 aliphatic heterocycles. The molecule has 5 rings (SSSR count). The number of carbonyl (C=O) groups is 1. The highest BCUT2D eigenvalue weighted by atomic mass is 19.3. The van der Waals surface area contributed by atoms with E-state index in [9.17, 15) is 18.0 Å². The Bertz CT molecular complexity index is 1260. The highest BCUT2D eigenvalue weighted by molar-refractivity contribution is 5.74. The van der Waals surface area contributed by atoms with Crippen molar-refractivity contribution in [1.82, 2.24) is 25.3 Å². The van der Waals surface area contributed by atoms with E-state index in [1.807, 2.05) is 17.0 Å². The molecule has 2 saturated heterocycles. The number of aromatic nitrogens is 2. The molecule has 1 N–H and O–H groups in total. The van der Waals surface area contributed by atoms with Gasteiger partial charge in [0.15, 0.2) is 0 Å². The molecule has 0 spiro atoms. The number of piperazine rings is 1. The summed E-state index contributed by atoms with van der Waals surface area (Å²) >= 11 is 0. The van der Waals surface area contributed by atoms with Gasteiger partial charge in [-0.25, -0.2) is 9.18 Å². The Balaban J connectivity index is 0.972. The predicted molar refractivity (Wildman–Crippen MR) is 147 cm³/mol. The average Bonchev–Trinajstić information content (AvgIpc) is 3.48. The molecule has 41 heavy (non-hydrogen) atoms. The Kier molecular flexibility index (Phi) is 9.60. The van der Waals surface area contributed by atoms with Crippen LogP contribution in [0.1, 0.15) is 24.8 Å². The van der Waals surface area contributed by atoms with Gasteiger partial charge >= 0.3 is 18.7 Å². The van der Waals surface area contributed by atoms with Crippen LogP contribution in [-0.2, 0) is 6.42 Å². The minimum Gasteiger partial charge on any atom is -0.435 e. The van der Waals surface area contributed by atoms with Crippen molar-refractivity contribution in [2.24, 2.45) is 5.92 Å². The molecule has 0 aliphatic carbocycles. The number of carbonyl (C=O) groups excluding carboxylic acids is 1. The molecule has 0 atom stereocenters. The van der Waals surface area contributed by atoms with Gasteiger partial charge in [-0.2, -0.15) is 13.8 Å². The number of ether oxygens (including phenoxy) is 1. The average molecular weight is 573 g/mol. The lowest BCUT2D eigenvalue weighted by Gasteiger charge is -2.34. The monoisotopic (exact) mass is 572 g/mol.